The number of hydrogen-bond acceptors (Lipinski definition) is 4. The van der Waals surface area contributed by atoms with E-state index in [4.69, 9.17) is 0 Å². The average Bonchev–Trinajstić information content (AvgIpc) is 2.36. The van der Waals surface area contributed by atoms with Crippen molar-refractivity contribution in [1.29, 1.82) is 0 Å². The van der Waals surface area contributed by atoms with Crippen molar-refractivity contribution < 1.29 is 9.50 Å². The Morgan fingerprint density at radius 3 is 2.89 bits per heavy atom. The zero-order valence-corrected chi connectivity index (χ0v) is 10.1. The van der Waals surface area contributed by atoms with Crippen molar-refractivity contribution in [3.05, 3.63) is 26.7 Å². The summed E-state index contributed by atoms with van der Waals surface area (Å²) in [5.41, 5.74) is -1.95. The SMILES string of the molecule is CCN1CCCC(n2c(O)c(F)c(=O)[nH]c2=O)C1. The van der Waals surface area contributed by atoms with Crippen molar-refractivity contribution in [3.63, 3.8) is 0 Å². The molecule has 2 rings (SSSR count). The molecule has 1 aliphatic heterocycles. The van der Waals surface area contributed by atoms with E-state index in [2.05, 4.69) is 4.90 Å². The van der Waals surface area contributed by atoms with E-state index in [1.54, 1.807) is 0 Å². The summed E-state index contributed by atoms with van der Waals surface area (Å²) in [4.78, 5) is 26.7. The number of likely N-dealkylation sites (N-methyl/N-ethyl adjacent to an activating group) is 1. The molecule has 0 aromatic carbocycles. The summed E-state index contributed by atoms with van der Waals surface area (Å²) in [5, 5.41) is 9.62. The maximum absolute atomic E-state index is 13.3. The third-order valence-electron chi connectivity index (χ3n) is 3.36. The summed E-state index contributed by atoms with van der Waals surface area (Å²) in [6.07, 6.45) is 1.54. The number of aromatic amines is 1. The van der Waals surface area contributed by atoms with Crippen LogP contribution in [0.4, 0.5) is 4.39 Å². The lowest BCUT2D eigenvalue weighted by atomic mass is 10.1. The number of halogens is 1. The summed E-state index contributed by atoms with van der Waals surface area (Å²) in [6, 6.07) is -0.308. The summed E-state index contributed by atoms with van der Waals surface area (Å²) < 4.78 is 14.3. The average molecular weight is 257 g/mol. The van der Waals surface area contributed by atoms with Crippen molar-refractivity contribution in [2.24, 2.45) is 0 Å². The van der Waals surface area contributed by atoms with Gasteiger partial charge in [-0.15, -0.1) is 0 Å². The Morgan fingerprint density at radius 1 is 1.50 bits per heavy atom. The van der Waals surface area contributed by atoms with Gasteiger partial charge in [0.1, 0.15) is 0 Å². The molecule has 0 radical (unpaired) electrons. The molecule has 1 saturated heterocycles. The van der Waals surface area contributed by atoms with Crippen LogP contribution in [0.15, 0.2) is 9.59 Å². The maximum atomic E-state index is 13.3. The highest BCUT2D eigenvalue weighted by atomic mass is 19.1. The van der Waals surface area contributed by atoms with Crippen LogP contribution in [0.5, 0.6) is 5.88 Å². The number of hydrogen-bond donors (Lipinski definition) is 2. The Bertz CT molecular complexity index is 551. The lowest BCUT2D eigenvalue weighted by Crippen LogP contribution is -2.42. The van der Waals surface area contributed by atoms with E-state index in [0.717, 1.165) is 24.1 Å². The number of aromatic hydroxyl groups is 1. The fraction of sp³-hybridized carbons (Fsp3) is 0.636. The second-order valence-corrected chi connectivity index (χ2v) is 4.46. The van der Waals surface area contributed by atoms with E-state index in [9.17, 15) is 19.1 Å². The minimum Gasteiger partial charge on any atom is -0.492 e. The third kappa shape index (κ3) is 2.17. The molecule has 18 heavy (non-hydrogen) atoms. The summed E-state index contributed by atoms with van der Waals surface area (Å²) in [6.45, 7) is 4.32. The highest BCUT2D eigenvalue weighted by molar-refractivity contribution is 5.11. The van der Waals surface area contributed by atoms with Gasteiger partial charge in [0, 0.05) is 6.54 Å². The minimum absolute atomic E-state index is 0.308. The number of aromatic nitrogens is 2. The first-order chi connectivity index (χ1) is 8.54. The van der Waals surface area contributed by atoms with E-state index in [0.29, 0.717) is 13.0 Å². The van der Waals surface area contributed by atoms with Crippen LogP contribution in [0.1, 0.15) is 25.8 Å². The van der Waals surface area contributed by atoms with Crippen LogP contribution in [-0.4, -0.2) is 39.2 Å². The quantitative estimate of drug-likeness (QED) is 0.784. The zero-order chi connectivity index (χ0) is 13.3. The van der Waals surface area contributed by atoms with Crippen molar-refractivity contribution >= 4 is 0 Å². The number of likely N-dealkylation sites (tertiary alicyclic amines) is 1. The smallest absolute Gasteiger partial charge is 0.331 e. The fourth-order valence-corrected chi connectivity index (χ4v) is 2.38. The lowest BCUT2D eigenvalue weighted by molar-refractivity contribution is 0.171. The Balaban J connectivity index is 2.42. The monoisotopic (exact) mass is 257 g/mol. The standard InChI is InChI=1S/C11H16FN3O3/c1-2-14-5-3-4-7(6-14)15-10(17)8(12)9(16)13-11(15)18/h7,17H,2-6H2,1H3,(H,13,16,18). The van der Waals surface area contributed by atoms with Gasteiger partial charge in [-0.25, -0.2) is 4.79 Å². The molecule has 1 fully saturated rings. The first kappa shape index (κ1) is 12.8. The number of rotatable bonds is 2. The van der Waals surface area contributed by atoms with Gasteiger partial charge >= 0.3 is 5.69 Å². The molecule has 1 atom stereocenters. The molecule has 6 nitrogen and oxygen atoms in total. The zero-order valence-electron chi connectivity index (χ0n) is 10.1. The molecule has 1 unspecified atom stereocenters. The third-order valence-corrected chi connectivity index (χ3v) is 3.36. The van der Waals surface area contributed by atoms with Crippen molar-refractivity contribution in [2.75, 3.05) is 19.6 Å². The van der Waals surface area contributed by atoms with Crippen molar-refractivity contribution in [3.8, 4) is 5.88 Å². The first-order valence-electron chi connectivity index (χ1n) is 6.00. The van der Waals surface area contributed by atoms with Crippen LogP contribution in [0.3, 0.4) is 0 Å². The van der Waals surface area contributed by atoms with Gasteiger partial charge in [-0.2, -0.15) is 4.39 Å². The van der Waals surface area contributed by atoms with Crippen LogP contribution in [0.2, 0.25) is 0 Å². The van der Waals surface area contributed by atoms with E-state index >= 15 is 0 Å². The largest absolute Gasteiger partial charge is 0.492 e. The molecule has 100 valence electrons. The van der Waals surface area contributed by atoms with Gasteiger partial charge < -0.3 is 10.0 Å². The molecule has 1 aromatic heterocycles. The van der Waals surface area contributed by atoms with Gasteiger partial charge in [-0.05, 0) is 25.9 Å². The summed E-state index contributed by atoms with van der Waals surface area (Å²) >= 11 is 0. The molecule has 2 heterocycles. The maximum Gasteiger partial charge on any atom is 0.331 e. The number of H-pyrrole nitrogens is 1. The molecule has 2 N–H and O–H groups in total. The molecule has 1 aromatic rings. The summed E-state index contributed by atoms with van der Waals surface area (Å²) in [7, 11) is 0. The van der Waals surface area contributed by atoms with Crippen LogP contribution in [-0.2, 0) is 0 Å². The predicted molar refractivity (Wildman–Crippen MR) is 63.3 cm³/mol. The topological polar surface area (TPSA) is 78.3 Å². The first-order valence-corrected chi connectivity index (χ1v) is 6.00. The number of nitrogens with zero attached hydrogens (tertiary/aromatic N) is 2. The molecule has 0 saturated carbocycles. The molecule has 1 aliphatic rings. The van der Waals surface area contributed by atoms with E-state index in [1.165, 1.54) is 0 Å². The fourth-order valence-electron chi connectivity index (χ4n) is 2.38. The lowest BCUT2D eigenvalue weighted by Gasteiger charge is -2.32. The molecule has 0 amide bonds. The molecule has 0 aliphatic carbocycles. The Morgan fingerprint density at radius 2 is 2.22 bits per heavy atom. The molecule has 7 heteroatoms. The van der Waals surface area contributed by atoms with E-state index < -0.39 is 22.9 Å². The van der Waals surface area contributed by atoms with Crippen molar-refractivity contribution in [2.45, 2.75) is 25.8 Å². The molecule has 0 bridgehead atoms. The van der Waals surface area contributed by atoms with Gasteiger partial charge in [0.25, 0.3) is 5.56 Å². The molecular formula is C11H16FN3O3. The normalized spacial score (nSPS) is 21.1. The Labute approximate surface area is 103 Å². The highest BCUT2D eigenvalue weighted by Crippen LogP contribution is 2.23. The highest BCUT2D eigenvalue weighted by Gasteiger charge is 2.25. The Hall–Kier alpha value is -1.63. The molecular weight excluding hydrogens is 241 g/mol. The van der Waals surface area contributed by atoms with Gasteiger partial charge in [-0.1, -0.05) is 6.92 Å². The van der Waals surface area contributed by atoms with E-state index in [1.807, 2.05) is 11.9 Å². The van der Waals surface area contributed by atoms with Crippen LogP contribution in [0, 0.1) is 5.82 Å². The Kier molecular flexibility index (Phi) is 3.51. The van der Waals surface area contributed by atoms with Crippen molar-refractivity contribution in [1.82, 2.24) is 14.5 Å². The predicted octanol–water partition coefficient (Wildman–Crippen LogP) is 0.0381. The second kappa shape index (κ2) is 4.93. The number of piperidine rings is 1. The second-order valence-electron chi connectivity index (χ2n) is 4.46. The number of nitrogens with one attached hydrogen (secondary N) is 1. The van der Waals surface area contributed by atoms with E-state index in [-0.39, 0.29) is 6.04 Å². The van der Waals surface area contributed by atoms with Crippen LogP contribution >= 0.6 is 0 Å². The summed E-state index contributed by atoms with van der Waals surface area (Å²) in [5.74, 6) is -2.17. The molecule has 0 spiro atoms. The van der Waals surface area contributed by atoms with Gasteiger partial charge in [0.05, 0.1) is 6.04 Å². The van der Waals surface area contributed by atoms with Gasteiger partial charge in [-0.3, -0.25) is 14.3 Å². The van der Waals surface area contributed by atoms with Crippen LogP contribution < -0.4 is 11.2 Å². The minimum atomic E-state index is -1.30. The van der Waals surface area contributed by atoms with Gasteiger partial charge in [0.2, 0.25) is 11.7 Å². The van der Waals surface area contributed by atoms with Crippen LogP contribution in [0.25, 0.3) is 0 Å². The van der Waals surface area contributed by atoms with Gasteiger partial charge in [0.15, 0.2) is 0 Å².